The molecule has 0 amide bonds. The Balaban J connectivity index is 2.93. The van der Waals surface area contributed by atoms with Crippen molar-refractivity contribution in [3.8, 4) is 0 Å². The fourth-order valence-corrected chi connectivity index (χ4v) is 1.97. The van der Waals surface area contributed by atoms with Gasteiger partial charge in [0, 0.05) is 16.6 Å². The second kappa shape index (κ2) is 6.33. The Morgan fingerprint density at radius 3 is 2.69 bits per heavy atom. The molecule has 0 heterocycles. The normalized spacial score (nSPS) is 14.8. The topological polar surface area (TPSA) is 29.5 Å². The van der Waals surface area contributed by atoms with Crippen molar-refractivity contribution in [2.45, 2.75) is 32.5 Å². The van der Waals surface area contributed by atoms with Crippen molar-refractivity contribution in [2.75, 3.05) is 6.61 Å². The van der Waals surface area contributed by atoms with Crippen LogP contribution in [0, 0.1) is 5.82 Å². The lowest BCUT2D eigenvalue weighted by molar-refractivity contribution is -0.0369. The summed E-state index contributed by atoms with van der Waals surface area (Å²) in [5, 5.41) is 10.0. The largest absolute Gasteiger partial charge is 0.386 e. The highest BCUT2D eigenvalue weighted by atomic mass is 79.9. The van der Waals surface area contributed by atoms with Crippen LogP contribution in [0.2, 0.25) is 0 Å². The van der Waals surface area contributed by atoms with Crippen molar-refractivity contribution in [2.24, 2.45) is 0 Å². The van der Waals surface area contributed by atoms with E-state index in [1.165, 1.54) is 6.07 Å². The molecule has 0 radical (unpaired) electrons. The molecule has 0 fully saturated rings. The number of rotatable bonds is 5. The molecule has 0 saturated heterocycles. The van der Waals surface area contributed by atoms with Crippen molar-refractivity contribution < 1.29 is 14.2 Å². The molecule has 0 bridgehead atoms. The SMILES string of the molecule is CCOC(CC)C(O)c1cc(Br)ccc1F. The van der Waals surface area contributed by atoms with Gasteiger partial charge in [0.25, 0.3) is 0 Å². The van der Waals surface area contributed by atoms with E-state index in [2.05, 4.69) is 15.9 Å². The summed E-state index contributed by atoms with van der Waals surface area (Å²) in [7, 11) is 0. The molecule has 1 aromatic carbocycles. The summed E-state index contributed by atoms with van der Waals surface area (Å²) in [4.78, 5) is 0. The van der Waals surface area contributed by atoms with Gasteiger partial charge in [0.05, 0.1) is 6.10 Å². The Morgan fingerprint density at radius 2 is 2.12 bits per heavy atom. The average molecular weight is 291 g/mol. The molecule has 0 spiro atoms. The van der Waals surface area contributed by atoms with Gasteiger partial charge in [-0.2, -0.15) is 0 Å². The highest BCUT2D eigenvalue weighted by Gasteiger charge is 2.22. The molecule has 0 aliphatic heterocycles. The maximum absolute atomic E-state index is 13.5. The third kappa shape index (κ3) is 3.27. The lowest BCUT2D eigenvalue weighted by Gasteiger charge is -2.22. The molecule has 16 heavy (non-hydrogen) atoms. The Labute approximate surface area is 104 Å². The monoisotopic (exact) mass is 290 g/mol. The summed E-state index contributed by atoms with van der Waals surface area (Å²) in [5.74, 6) is -0.408. The van der Waals surface area contributed by atoms with E-state index >= 15 is 0 Å². The fourth-order valence-electron chi connectivity index (χ4n) is 1.59. The minimum Gasteiger partial charge on any atom is -0.386 e. The smallest absolute Gasteiger partial charge is 0.129 e. The van der Waals surface area contributed by atoms with Crippen LogP contribution in [0.15, 0.2) is 22.7 Å². The van der Waals surface area contributed by atoms with Crippen molar-refractivity contribution >= 4 is 15.9 Å². The van der Waals surface area contributed by atoms with Gasteiger partial charge in [0.1, 0.15) is 11.9 Å². The molecule has 2 atom stereocenters. The van der Waals surface area contributed by atoms with Gasteiger partial charge in [-0.25, -0.2) is 4.39 Å². The number of benzene rings is 1. The zero-order chi connectivity index (χ0) is 12.1. The van der Waals surface area contributed by atoms with E-state index in [9.17, 15) is 9.50 Å². The highest BCUT2D eigenvalue weighted by Crippen LogP contribution is 2.26. The van der Waals surface area contributed by atoms with Crippen molar-refractivity contribution in [1.29, 1.82) is 0 Å². The zero-order valence-electron chi connectivity index (χ0n) is 9.41. The van der Waals surface area contributed by atoms with E-state index in [-0.39, 0.29) is 11.7 Å². The van der Waals surface area contributed by atoms with Gasteiger partial charge >= 0.3 is 0 Å². The summed E-state index contributed by atoms with van der Waals surface area (Å²) in [6.45, 7) is 4.26. The Bertz CT molecular complexity index is 344. The number of hydrogen-bond acceptors (Lipinski definition) is 2. The summed E-state index contributed by atoms with van der Waals surface area (Å²) in [6, 6.07) is 4.52. The summed E-state index contributed by atoms with van der Waals surface area (Å²) < 4.78 is 19.6. The van der Waals surface area contributed by atoms with Crippen LogP contribution in [0.1, 0.15) is 31.9 Å². The van der Waals surface area contributed by atoms with Gasteiger partial charge in [-0.1, -0.05) is 22.9 Å². The van der Waals surface area contributed by atoms with Gasteiger partial charge < -0.3 is 9.84 Å². The lowest BCUT2D eigenvalue weighted by Crippen LogP contribution is -2.22. The van der Waals surface area contributed by atoms with Crippen LogP contribution in [-0.4, -0.2) is 17.8 Å². The Hall–Kier alpha value is -0.450. The van der Waals surface area contributed by atoms with Crippen LogP contribution in [-0.2, 0) is 4.74 Å². The van der Waals surface area contributed by atoms with Crippen LogP contribution in [0.5, 0.6) is 0 Å². The van der Waals surface area contributed by atoms with E-state index < -0.39 is 11.9 Å². The standard InChI is InChI=1S/C12H16BrFO2/c1-3-11(16-4-2)12(15)9-7-8(13)5-6-10(9)14/h5-7,11-12,15H,3-4H2,1-2H3. The third-order valence-electron chi connectivity index (χ3n) is 2.41. The molecule has 1 aromatic rings. The maximum atomic E-state index is 13.5. The molecule has 0 saturated carbocycles. The highest BCUT2D eigenvalue weighted by molar-refractivity contribution is 9.10. The Morgan fingerprint density at radius 1 is 1.44 bits per heavy atom. The zero-order valence-corrected chi connectivity index (χ0v) is 11.0. The van der Waals surface area contributed by atoms with Crippen molar-refractivity contribution in [3.05, 3.63) is 34.1 Å². The molecule has 1 rings (SSSR count). The molecule has 0 aliphatic carbocycles. The molecular weight excluding hydrogens is 275 g/mol. The maximum Gasteiger partial charge on any atom is 0.129 e. The van der Waals surface area contributed by atoms with Gasteiger partial charge in [-0.05, 0) is 31.5 Å². The number of aliphatic hydroxyl groups is 1. The molecule has 2 nitrogen and oxygen atoms in total. The number of aliphatic hydroxyl groups excluding tert-OH is 1. The number of halogens is 2. The summed E-state index contributed by atoms with van der Waals surface area (Å²) in [5.41, 5.74) is 0.273. The minimum atomic E-state index is -0.928. The quantitative estimate of drug-likeness (QED) is 0.900. The molecule has 1 N–H and O–H groups in total. The summed E-state index contributed by atoms with van der Waals surface area (Å²) >= 11 is 3.26. The molecule has 0 aromatic heterocycles. The second-order valence-corrected chi connectivity index (χ2v) is 4.43. The van der Waals surface area contributed by atoms with Gasteiger partial charge in [0.2, 0.25) is 0 Å². The van der Waals surface area contributed by atoms with Gasteiger partial charge in [-0.15, -0.1) is 0 Å². The van der Waals surface area contributed by atoms with Crippen LogP contribution in [0.25, 0.3) is 0 Å². The molecule has 4 heteroatoms. The average Bonchev–Trinajstić information content (AvgIpc) is 2.28. The first-order chi connectivity index (χ1) is 7.60. The lowest BCUT2D eigenvalue weighted by atomic mass is 10.0. The predicted molar refractivity (Wildman–Crippen MR) is 64.8 cm³/mol. The third-order valence-corrected chi connectivity index (χ3v) is 2.91. The van der Waals surface area contributed by atoms with Gasteiger partial charge in [0.15, 0.2) is 0 Å². The Kier molecular flexibility index (Phi) is 5.38. The number of ether oxygens (including phenoxy) is 1. The molecule has 2 unspecified atom stereocenters. The van der Waals surface area contributed by atoms with E-state index in [4.69, 9.17) is 4.74 Å². The van der Waals surface area contributed by atoms with Gasteiger partial charge in [-0.3, -0.25) is 0 Å². The van der Waals surface area contributed by atoms with E-state index in [0.717, 1.165) is 4.47 Å². The van der Waals surface area contributed by atoms with Crippen LogP contribution in [0.3, 0.4) is 0 Å². The second-order valence-electron chi connectivity index (χ2n) is 3.51. The van der Waals surface area contributed by atoms with Crippen molar-refractivity contribution in [3.63, 3.8) is 0 Å². The van der Waals surface area contributed by atoms with E-state index in [1.54, 1.807) is 12.1 Å². The van der Waals surface area contributed by atoms with E-state index in [0.29, 0.717) is 13.0 Å². The van der Waals surface area contributed by atoms with Crippen molar-refractivity contribution in [1.82, 2.24) is 0 Å². The first-order valence-corrected chi connectivity index (χ1v) is 6.14. The first kappa shape index (κ1) is 13.6. The molecule has 90 valence electrons. The molecular formula is C12H16BrFO2. The van der Waals surface area contributed by atoms with Crippen LogP contribution in [0.4, 0.5) is 4.39 Å². The number of hydrogen-bond donors (Lipinski definition) is 1. The van der Waals surface area contributed by atoms with Crippen LogP contribution < -0.4 is 0 Å². The minimum absolute atomic E-state index is 0.273. The van der Waals surface area contributed by atoms with E-state index in [1.807, 2.05) is 13.8 Å². The van der Waals surface area contributed by atoms with Crippen LogP contribution >= 0.6 is 15.9 Å². The predicted octanol–water partition coefficient (Wildman–Crippen LogP) is 3.44. The molecule has 0 aliphatic rings. The summed E-state index contributed by atoms with van der Waals surface area (Å²) in [6.07, 6.45) is -0.655. The first-order valence-electron chi connectivity index (χ1n) is 5.34. The fraction of sp³-hybridized carbons (Fsp3) is 0.500.